The molecule has 2 unspecified atom stereocenters. The highest BCUT2D eigenvalue weighted by molar-refractivity contribution is 5.80. The van der Waals surface area contributed by atoms with Gasteiger partial charge in [0, 0.05) is 18.2 Å². The zero-order chi connectivity index (χ0) is 13.7. The molecular weight excluding hydrogens is 238 g/mol. The molecule has 4 nitrogen and oxygen atoms in total. The van der Waals surface area contributed by atoms with Crippen LogP contribution in [0.5, 0.6) is 5.75 Å². The van der Waals surface area contributed by atoms with E-state index in [-0.39, 0.29) is 0 Å². The molecule has 2 rings (SSSR count). The molecule has 0 aliphatic heterocycles. The molecule has 0 saturated heterocycles. The van der Waals surface area contributed by atoms with Crippen molar-refractivity contribution in [2.24, 2.45) is 10.9 Å². The van der Waals surface area contributed by atoms with Crippen LogP contribution in [0.1, 0.15) is 25.8 Å². The minimum absolute atomic E-state index is 0.579. The fraction of sp³-hybridized carbons (Fsp3) is 0.533. The normalized spacial score (nSPS) is 21.9. The number of hydrogen-bond donors (Lipinski definition) is 2. The highest BCUT2D eigenvalue weighted by Gasteiger charge is 2.33. The molecule has 104 valence electrons. The van der Waals surface area contributed by atoms with Crippen molar-refractivity contribution >= 4 is 5.96 Å². The Morgan fingerprint density at radius 3 is 2.79 bits per heavy atom. The van der Waals surface area contributed by atoms with Gasteiger partial charge in [-0.25, -0.2) is 4.99 Å². The molecule has 19 heavy (non-hydrogen) atoms. The first-order valence-electron chi connectivity index (χ1n) is 6.91. The smallest absolute Gasteiger partial charge is 0.191 e. The van der Waals surface area contributed by atoms with E-state index in [9.17, 15) is 0 Å². The SMILES string of the molecule is CCNC(=NCc1ccccc1OC)NC1CC1C. The summed E-state index contributed by atoms with van der Waals surface area (Å²) in [5, 5.41) is 6.73. The molecule has 4 heteroatoms. The largest absolute Gasteiger partial charge is 0.496 e. The van der Waals surface area contributed by atoms with E-state index in [1.807, 2.05) is 24.3 Å². The van der Waals surface area contributed by atoms with Crippen LogP contribution in [0.2, 0.25) is 0 Å². The Morgan fingerprint density at radius 2 is 2.16 bits per heavy atom. The van der Waals surface area contributed by atoms with Gasteiger partial charge in [-0.1, -0.05) is 25.1 Å². The average molecular weight is 261 g/mol. The molecule has 0 spiro atoms. The van der Waals surface area contributed by atoms with Crippen LogP contribution in [0.4, 0.5) is 0 Å². The second-order valence-electron chi connectivity index (χ2n) is 4.97. The lowest BCUT2D eigenvalue weighted by Crippen LogP contribution is -2.39. The lowest BCUT2D eigenvalue weighted by atomic mass is 10.2. The summed E-state index contributed by atoms with van der Waals surface area (Å²) in [6, 6.07) is 8.58. The Hall–Kier alpha value is -1.71. The molecule has 0 amide bonds. The van der Waals surface area contributed by atoms with Crippen molar-refractivity contribution in [3.8, 4) is 5.75 Å². The number of benzene rings is 1. The first-order valence-corrected chi connectivity index (χ1v) is 6.91. The van der Waals surface area contributed by atoms with Crippen LogP contribution in [-0.2, 0) is 6.54 Å². The van der Waals surface area contributed by atoms with Crippen molar-refractivity contribution in [2.75, 3.05) is 13.7 Å². The van der Waals surface area contributed by atoms with Crippen molar-refractivity contribution in [3.63, 3.8) is 0 Å². The number of nitrogens with zero attached hydrogens (tertiary/aromatic N) is 1. The Kier molecular flexibility index (Phi) is 4.66. The zero-order valence-electron chi connectivity index (χ0n) is 11.9. The highest BCUT2D eigenvalue weighted by Crippen LogP contribution is 2.28. The maximum absolute atomic E-state index is 5.34. The summed E-state index contributed by atoms with van der Waals surface area (Å²) in [5.41, 5.74) is 1.10. The Balaban J connectivity index is 2.00. The second-order valence-corrected chi connectivity index (χ2v) is 4.97. The van der Waals surface area contributed by atoms with Crippen LogP contribution in [-0.4, -0.2) is 25.7 Å². The predicted octanol–water partition coefficient (Wildman–Crippen LogP) is 2.16. The number of guanidine groups is 1. The molecule has 1 aromatic carbocycles. The van der Waals surface area contributed by atoms with Crippen LogP contribution >= 0.6 is 0 Å². The zero-order valence-corrected chi connectivity index (χ0v) is 11.9. The van der Waals surface area contributed by atoms with Gasteiger partial charge >= 0.3 is 0 Å². The van der Waals surface area contributed by atoms with E-state index in [4.69, 9.17) is 4.74 Å². The molecule has 1 aromatic rings. The van der Waals surface area contributed by atoms with Gasteiger partial charge in [0.2, 0.25) is 0 Å². The lowest BCUT2D eigenvalue weighted by Gasteiger charge is -2.11. The maximum atomic E-state index is 5.34. The number of ether oxygens (including phenoxy) is 1. The number of nitrogens with one attached hydrogen (secondary N) is 2. The molecule has 1 aliphatic carbocycles. The van der Waals surface area contributed by atoms with Gasteiger partial charge in [0.1, 0.15) is 5.75 Å². The summed E-state index contributed by atoms with van der Waals surface area (Å²) in [4.78, 5) is 4.62. The minimum atomic E-state index is 0.579. The van der Waals surface area contributed by atoms with Gasteiger partial charge in [-0.05, 0) is 25.3 Å². The fourth-order valence-electron chi connectivity index (χ4n) is 2.02. The number of methoxy groups -OCH3 is 1. The van der Waals surface area contributed by atoms with Gasteiger partial charge in [0.15, 0.2) is 5.96 Å². The number of hydrogen-bond acceptors (Lipinski definition) is 2. The van der Waals surface area contributed by atoms with Crippen molar-refractivity contribution in [3.05, 3.63) is 29.8 Å². The van der Waals surface area contributed by atoms with Crippen molar-refractivity contribution in [2.45, 2.75) is 32.9 Å². The molecule has 0 bridgehead atoms. The summed E-state index contributed by atoms with van der Waals surface area (Å²) in [5.74, 6) is 2.54. The Morgan fingerprint density at radius 1 is 1.42 bits per heavy atom. The topological polar surface area (TPSA) is 45.7 Å². The van der Waals surface area contributed by atoms with Gasteiger partial charge in [-0.3, -0.25) is 0 Å². The van der Waals surface area contributed by atoms with Gasteiger partial charge in [0.05, 0.1) is 13.7 Å². The first kappa shape index (κ1) is 13.7. The molecule has 1 saturated carbocycles. The van der Waals surface area contributed by atoms with Crippen LogP contribution < -0.4 is 15.4 Å². The third-order valence-electron chi connectivity index (χ3n) is 3.38. The van der Waals surface area contributed by atoms with E-state index in [1.165, 1.54) is 6.42 Å². The van der Waals surface area contributed by atoms with Crippen molar-refractivity contribution in [1.82, 2.24) is 10.6 Å². The van der Waals surface area contributed by atoms with Crippen LogP contribution in [0.25, 0.3) is 0 Å². The summed E-state index contributed by atoms with van der Waals surface area (Å²) >= 11 is 0. The van der Waals surface area contributed by atoms with Gasteiger partial charge < -0.3 is 15.4 Å². The quantitative estimate of drug-likeness (QED) is 0.630. The third kappa shape index (κ3) is 3.88. The molecular formula is C15H23N3O. The van der Waals surface area contributed by atoms with E-state index >= 15 is 0 Å². The maximum Gasteiger partial charge on any atom is 0.191 e. The molecule has 1 aliphatic rings. The van der Waals surface area contributed by atoms with E-state index in [2.05, 4.69) is 29.5 Å². The Bertz CT molecular complexity index is 445. The monoisotopic (exact) mass is 261 g/mol. The summed E-state index contributed by atoms with van der Waals surface area (Å²) < 4.78 is 5.34. The summed E-state index contributed by atoms with van der Waals surface area (Å²) in [6.07, 6.45) is 1.24. The van der Waals surface area contributed by atoms with Crippen molar-refractivity contribution in [1.29, 1.82) is 0 Å². The van der Waals surface area contributed by atoms with Crippen molar-refractivity contribution < 1.29 is 4.74 Å². The molecule has 0 radical (unpaired) electrons. The lowest BCUT2D eigenvalue weighted by molar-refractivity contribution is 0.410. The molecule has 0 aromatic heterocycles. The summed E-state index contributed by atoms with van der Waals surface area (Å²) in [7, 11) is 1.69. The number of aliphatic imine (C=N–C) groups is 1. The highest BCUT2D eigenvalue weighted by atomic mass is 16.5. The molecule has 2 atom stereocenters. The van der Waals surface area contributed by atoms with E-state index in [0.717, 1.165) is 29.7 Å². The Labute approximate surface area is 115 Å². The molecule has 1 fully saturated rings. The average Bonchev–Trinajstić information content (AvgIpc) is 3.12. The van der Waals surface area contributed by atoms with Crippen LogP contribution in [0, 0.1) is 5.92 Å². The molecule has 2 N–H and O–H groups in total. The second kappa shape index (κ2) is 6.45. The van der Waals surface area contributed by atoms with Crippen LogP contribution in [0.15, 0.2) is 29.3 Å². The van der Waals surface area contributed by atoms with E-state index in [0.29, 0.717) is 12.6 Å². The van der Waals surface area contributed by atoms with E-state index < -0.39 is 0 Å². The van der Waals surface area contributed by atoms with Gasteiger partial charge in [-0.2, -0.15) is 0 Å². The number of para-hydroxylation sites is 1. The first-order chi connectivity index (χ1) is 9.24. The van der Waals surface area contributed by atoms with Crippen LogP contribution in [0.3, 0.4) is 0 Å². The minimum Gasteiger partial charge on any atom is -0.496 e. The predicted molar refractivity (Wildman–Crippen MR) is 78.5 cm³/mol. The number of rotatable bonds is 5. The molecule has 0 heterocycles. The summed E-state index contributed by atoms with van der Waals surface area (Å²) in [6.45, 7) is 5.83. The fourth-order valence-corrected chi connectivity index (χ4v) is 2.02. The third-order valence-corrected chi connectivity index (χ3v) is 3.38. The van der Waals surface area contributed by atoms with E-state index in [1.54, 1.807) is 7.11 Å². The van der Waals surface area contributed by atoms with Gasteiger partial charge in [0.25, 0.3) is 0 Å². The van der Waals surface area contributed by atoms with Gasteiger partial charge in [-0.15, -0.1) is 0 Å². The standard InChI is InChI=1S/C15H23N3O/c1-4-16-15(18-13-9-11(13)2)17-10-12-7-5-6-8-14(12)19-3/h5-8,11,13H,4,9-10H2,1-3H3,(H2,16,17,18).